The van der Waals surface area contributed by atoms with E-state index in [0.717, 1.165) is 0 Å². The number of rotatable bonds is 2. The monoisotopic (exact) mass is 197 g/mol. The molecule has 1 unspecified atom stereocenters. The Morgan fingerprint density at radius 3 is 1.67 bits per heavy atom. The molecule has 0 amide bonds. The van der Waals surface area contributed by atoms with E-state index in [1.807, 2.05) is 13.8 Å². The molecule has 0 aliphatic carbocycles. The van der Waals surface area contributed by atoms with Crippen LogP contribution in [0.4, 0.5) is 0 Å². The zero-order valence-corrected chi connectivity index (χ0v) is 8.76. The molecular weight excluding hydrogens is 178 g/mol. The molecule has 0 aliphatic heterocycles. The van der Waals surface area contributed by atoms with Crippen LogP contribution in [-0.4, -0.2) is 18.3 Å². The summed E-state index contributed by atoms with van der Waals surface area (Å²) >= 11 is 0. The zero-order chi connectivity index (χ0) is 10.8. The van der Waals surface area contributed by atoms with E-state index in [1.54, 1.807) is 6.92 Å². The summed E-state index contributed by atoms with van der Waals surface area (Å²) < 4.78 is 28.1. The van der Waals surface area contributed by atoms with Crippen molar-refractivity contribution >= 4 is 10.1 Å². The summed E-state index contributed by atoms with van der Waals surface area (Å²) in [5.74, 6) is 0. The largest absolute Gasteiger partial charge is 0.313 e. The number of hydrogen-bond acceptors (Lipinski definition) is 3. The van der Waals surface area contributed by atoms with Crippen molar-refractivity contribution in [1.82, 2.24) is 0 Å². The molecule has 0 spiro atoms. The Bertz CT molecular complexity index is 165. The minimum Gasteiger partial charge on any atom is -0.313 e. The summed E-state index contributed by atoms with van der Waals surface area (Å²) in [5.41, 5.74) is 4.91. The van der Waals surface area contributed by atoms with E-state index in [0.29, 0.717) is 0 Å². The van der Waals surface area contributed by atoms with Gasteiger partial charge in [0.05, 0.1) is 0 Å². The molecule has 0 aromatic rings. The molecule has 3 N–H and O–H groups in total. The maximum Gasteiger partial charge on any atom is 0.280 e. The Labute approximate surface area is 75.2 Å². The van der Waals surface area contributed by atoms with E-state index in [2.05, 4.69) is 13.2 Å². The summed E-state index contributed by atoms with van der Waals surface area (Å²) in [4.78, 5) is 0. The van der Waals surface area contributed by atoms with Gasteiger partial charge in [0.25, 0.3) is 10.1 Å². The lowest BCUT2D eigenvalue weighted by atomic mass is 10.5. The highest BCUT2D eigenvalue weighted by atomic mass is 32.2. The molecule has 0 rings (SSSR count). The van der Waals surface area contributed by atoms with Gasteiger partial charge in [-0.05, 0) is 6.42 Å². The highest BCUT2D eigenvalue weighted by molar-refractivity contribution is 7.86. The molecule has 0 aromatic carbocycles. The first-order chi connectivity index (χ1) is 5.48. The van der Waals surface area contributed by atoms with Gasteiger partial charge in [-0.25, -0.2) is 0 Å². The Morgan fingerprint density at radius 2 is 1.67 bits per heavy atom. The molecule has 0 radical (unpaired) electrons. The molecule has 0 saturated heterocycles. The molecule has 1 atom stereocenters. The Hall–Kier alpha value is -0.390. The third kappa shape index (κ3) is 12.3. The third-order valence-corrected chi connectivity index (χ3v) is 1.88. The van der Waals surface area contributed by atoms with Crippen LogP contribution in [0.1, 0.15) is 27.2 Å². The van der Waals surface area contributed by atoms with Gasteiger partial charge in [-0.1, -0.05) is 20.8 Å². The quantitative estimate of drug-likeness (QED) is 0.518. The maximum absolute atomic E-state index is 9.99. The molecule has 0 aliphatic rings. The summed E-state index contributed by atoms with van der Waals surface area (Å²) in [6.45, 7) is 11.6. The Morgan fingerprint density at radius 1 is 1.42 bits per heavy atom. The van der Waals surface area contributed by atoms with Crippen molar-refractivity contribution in [3.05, 3.63) is 13.2 Å². The van der Waals surface area contributed by atoms with Crippen LogP contribution < -0.4 is 5.73 Å². The molecule has 4 nitrogen and oxygen atoms in total. The van der Waals surface area contributed by atoms with Gasteiger partial charge >= 0.3 is 0 Å². The number of nitrogens with two attached hydrogens (primary N) is 1. The third-order valence-electron chi connectivity index (χ3n) is 0.785. The predicted octanol–water partition coefficient (Wildman–Crippen LogP) is 1.40. The van der Waals surface area contributed by atoms with E-state index in [-0.39, 0.29) is 6.42 Å². The van der Waals surface area contributed by atoms with Crippen molar-refractivity contribution in [2.45, 2.75) is 32.6 Å². The minimum absolute atomic E-state index is 0.235. The fraction of sp³-hybridized carbons (Fsp3) is 0.714. The van der Waals surface area contributed by atoms with E-state index in [4.69, 9.17) is 10.3 Å². The molecule has 0 fully saturated rings. The van der Waals surface area contributed by atoms with Gasteiger partial charge in [-0.15, -0.1) is 13.2 Å². The fourth-order valence-corrected chi connectivity index (χ4v) is 0.632. The van der Waals surface area contributed by atoms with Gasteiger partial charge in [0.2, 0.25) is 0 Å². The van der Waals surface area contributed by atoms with Crippen LogP contribution >= 0.6 is 0 Å². The van der Waals surface area contributed by atoms with Gasteiger partial charge in [0, 0.05) is 0 Å². The highest BCUT2D eigenvalue weighted by Crippen LogP contribution is 1.93. The second-order valence-corrected chi connectivity index (χ2v) is 3.10. The fourth-order valence-electron chi connectivity index (χ4n) is 0.211. The molecule has 5 heteroatoms. The van der Waals surface area contributed by atoms with Crippen molar-refractivity contribution in [2.75, 3.05) is 0 Å². The Kier molecular flexibility index (Phi) is 15.6. The summed E-state index contributed by atoms with van der Waals surface area (Å²) in [7, 11) is -3.98. The average Bonchev–Trinajstić information content (AvgIpc) is 2.08. The van der Waals surface area contributed by atoms with Gasteiger partial charge in [-0.2, -0.15) is 8.42 Å². The van der Waals surface area contributed by atoms with Crippen LogP contribution in [0.25, 0.3) is 0 Å². The average molecular weight is 197 g/mol. The predicted molar refractivity (Wildman–Crippen MR) is 52.4 cm³/mol. The van der Waals surface area contributed by atoms with Gasteiger partial charge < -0.3 is 5.73 Å². The maximum atomic E-state index is 9.99. The lowest BCUT2D eigenvalue weighted by Gasteiger charge is -2.01. The SMILES string of the molecule is C=C.CC.CCC(N)S(=O)(=O)O. The second kappa shape index (κ2) is 10.6. The molecule has 0 bridgehead atoms. The number of hydrogen-bond donors (Lipinski definition) is 2. The highest BCUT2D eigenvalue weighted by Gasteiger charge is 2.13. The van der Waals surface area contributed by atoms with E-state index in [9.17, 15) is 8.42 Å². The molecule has 12 heavy (non-hydrogen) atoms. The molecule has 0 saturated carbocycles. The van der Waals surface area contributed by atoms with Crippen LogP contribution in [-0.2, 0) is 10.1 Å². The first-order valence-corrected chi connectivity index (χ1v) is 5.20. The van der Waals surface area contributed by atoms with Crippen molar-refractivity contribution in [3.8, 4) is 0 Å². The van der Waals surface area contributed by atoms with Crippen LogP contribution in [0.5, 0.6) is 0 Å². The summed E-state index contributed by atoms with van der Waals surface area (Å²) in [6.07, 6.45) is 0.235. The smallest absolute Gasteiger partial charge is 0.280 e. The van der Waals surface area contributed by atoms with E-state index >= 15 is 0 Å². The Balaban J connectivity index is -0.000000175. The van der Waals surface area contributed by atoms with Crippen molar-refractivity contribution in [1.29, 1.82) is 0 Å². The lowest BCUT2D eigenvalue weighted by molar-refractivity contribution is 0.466. The molecule has 0 heterocycles. The topological polar surface area (TPSA) is 80.4 Å². The van der Waals surface area contributed by atoms with Crippen LogP contribution in [0.3, 0.4) is 0 Å². The standard InChI is InChI=1S/C3H9NO3S.C2H6.C2H4/c1-2-3(4)8(5,6)7;2*1-2/h3H,2,4H2,1H3,(H,5,6,7);1-2H3;1-2H2. The first-order valence-electron chi connectivity index (χ1n) is 3.70. The zero-order valence-electron chi connectivity index (χ0n) is 7.95. The molecule has 76 valence electrons. The van der Waals surface area contributed by atoms with Crippen LogP contribution in [0.15, 0.2) is 13.2 Å². The van der Waals surface area contributed by atoms with Gasteiger partial charge in [0.15, 0.2) is 0 Å². The molecule has 0 aromatic heterocycles. The normalized spacial score (nSPS) is 11.4. The van der Waals surface area contributed by atoms with Gasteiger partial charge in [-0.3, -0.25) is 4.55 Å². The van der Waals surface area contributed by atoms with Gasteiger partial charge in [0.1, 0.15) is 5.37 Å². The minimum atomic E-state index is -3.98. The van der Waals surface area contributed by atoms with Crippen LogP contribution in [0.2, 0.25) is 0 Å². The van der Waals surface area contributed by atoms with Crippen molar-refractivity contribution < 1.29 is 13.0 Å². The van der Waals surface area contributed by atoms with Crippen LogP contribution in [0, 0.1) is 0 Å². The summed E-state index contributed by atoms with van der Waals surface area (Å²) in [5, 5.41) is -1.12. The van der Waals surface area contributed by atoms with E-state index in [1.165, 1.54) is 0 Å². The molecular formula is C7H19NO3S. The van der Waals surface area contributed by atoms with E-state index < -0.39 is 15.5 Å². The summed E-state index contributed by atoms with van der Waals surface area (Å²) in [6, 6.07) is 0. The van der Waals surface area contributed by atoms with Crippen molar-refractivity contribution in [2.24, 2.45) is 5.73 Å². The lowest BCUT2D eigenvalue weighted by Crippen LogP contribution is -2.28. The van der Waals surface area contributed by atoms with Crippen molar-refractivity contribution in [3.63, 3.8) is 0 Å². The second-order valence-electron chi connectivity index (χ2n) is 1.46. The first kappa shape index (κ1) is 17.6.